The lowest BCUT2D eigenvalue weighted by molar-refractivity contribution is 0.0589. The molecule has 0 radical (unpaired) electrons. The van der Waals surface area contributed by atoms with Gasteiger partial charge in [-0.3, -0.25) is 14.3 Å². The predicted octanol–water partition coefficient (Wildman–Crippen LogP) is 5.90. The Labute approximate surface area is 220 Å². The number of hydrogen-bond acceptors (Lipinski definition) is 7. The zero-order valence-corrected chi connectivity index (χ0v) is 22.0. The van der Waals surface area contributed by atoms with Gasteiger partial charge in [-0.2, -0.15) is 0 Å². The standard InChI is InChI=1S/C29H29N5O4/c1-29(2,3)38-28(35)33(4)21-9-6-19(7-10-21)20-8-13-26-31-32-27(34(26)17-20)18-37-25-14-15-30-24-16-22(36-5)11-12-23(24)25/h6-17H,18H2,1-5H3. The normalized spacial score (nSPS) is 11.5. The van der Waals surface area contributed by atoms with Crippen molar-refractivity contribution in [3.63, 3.8) is 0 Å². The number of anilines is 1. The van der Waals surface area contributed by atoms with Crippen LogP contribution in [0.3, 0.4) is 0 Å². The van der Waals surface area contributed by atoms with E-state index in [1.54, 1.807) is 20.4 Å². The molecule has 0 aliphatic rings. The van der Waals surface area contributed by atoms with Crippen LogP contribution in [0.25, 0.3) is 27.7 Å². The number of benzene rings is 2. The van der Waals surface area contributed by atoms with Gasteiger partial charge in [-0.25, -0.2) is 4.79 Å². The van der Waals surface area contributed by atoms with Gasteiger partial charge in [-0.05, 0) is 74.4 Å². The van der Waals surface area contributed by atoms with Crippen LogP contribution in [0.15, 0.2) is 73.1 Å². The minimum atomic E-state index is -0.557. The van der Waals surface area contributed by atoms with Crippen molar-refractivity contribution in [2.45, 2.75) is 33.0 Å². The van der Waals surface area contributed by atoms with E-state index >= 15 is 0 Å². The minimum absolute atomic E-state index is 0.232. The Bertz CT molecular complexity index is 1610. The first-order valence-corrected chi connectivity index (χ1v) is 12.2. The number of aromatic nitrogens is 4. The van der Waals surface area contributed by atoms with Crippen molar-refractivity contribution in [2.75, 3.05) is 19.1 Å². The fourth-order valence-electron chi connectivity index (χ4n) is 4.02. The Morgan fingerprint density at radius 2 is 1.74 bits per heavy atom. The fourth-order valence-corrected chi connectivity index (χ4v) is 4.02. The number of pyridine rings is 2. The number of carbonyl (C=O) groups is 1. The SMILES string of the molecule is COc1ccc2c(OCc3nnc4ccc(-c5ccc(N(C)C(=O)OC(C)(C)C)cc5)cn34)ccnc2c1. The molecule has 0 saturated carbocycles. The van der Waals surface area contributed by atoms with Crippen LogP contribution in [-0.4, -0.2) is 45.4 Å². The van der Waals surface area contributed by atoms with Gasteiger partial charge in [0.25, 0.3) is 0 Å². The summed E-state index contributed by atoms with van der Waals surface area (Å²) in [5.41, 5.74) is 3.66. The quantitative estimate of drug-likeness (QED) is 0.280. The first-order valence-electron chi connectivity index (χ1n) is 12.2. The second-order valence-electron chi connectivity index (χ2n) is 9.83. The molecule has 38 heavy (non-hydrogen) atoms. The molecular weight excluding hydrogens is 482 g/mol. The Kier molecular flexibility index (Phi) is 6.59. The van der Waals surface area contributed by atoms with Crippen molar-refractivity contribution in [1.82, 2.24) is 19.6 Å². The first-order chi connectivity index (χ1) is 18.2. The largest absolute Gasteiger partial charge is 0.497 e. The molecule has 0 fully saturated rings. The van der Waals surface area contributed by atoms with Crippen molar-refractivity contribution in [2.24, 2.45) is 0 Å². The number of carbonyl (C=O) groups excluding carboxylic acids is 1. The molecule has 9 heteroatoms. The van der Waals surface area contributed by atoms with E-state index < -0.39 is 11.7 Å². The molecule has 3 heterocycles. The molecule has 1 amide bonds. The van der Waals surface area contributed by atoms with Crippen LogP contribution in [0.5, 0.6) is 11.5 Å². The summed E-state index contributed by atoms with van der Waals surface area (Å²) in [5, 5.41) is 9.50. The van der Waals surface area contributed by atoms with Crippen LogP contribution < -0.4 is 14.4 Å². The molecule has 0 saturated heterocycles. The van der Waals surface area contributed by atoms with Gasteiger partial charge in [0.05, 0.1) is 12.6 Å². The van der Waals surface area contributed by atoms with E-state index in [-0.39, 0.29) is 6.61 Å². The maximum Gasteiger partial charge on any atom is 0.414 e. The minimum Gasteiger partial charge on any atom is -0.497 e. The van der Waals surface area contributed by atoms with E-state index in [2.05, 4.69) is 15.2 Å². The van der Waals surface area contributed by atoms with Gasteiger partial charge < -0.3 is 14.2 Å². The Morgan fingerprint density at radius 1 is 0.974 bits per heavy atom. The van der Waals surface area contributed by atoms with Gasteiger partial charge in [0.15, 0.2) is 11.5 Å². The number of methoxy groups -OCH3 is 1. The van der Waals surface area contributed by atoms with Crippen LogP contribution >= 0.6 is 0 Å². The van der Waals surface area contributed by atoms with E-state index in [4.69, 9.17) is 14.2 Å². The van der Waals surface area contributed by atoms with E-state index in [1.807, 2.05) is 92.0 Å². The highest BCUT2D eigenvalue weighted by Gasteiger charge is 2.20. The van der Waals surface area contributed by atoms with Crippen molar-refractivity contribution in [3.05, 3.63) is 78.9 Å². The molecular formula is C29H29N5O4. The number of hydrogen-bond donors (Lipinski definition) is 0. The van der Waals surface area contributed by atoms with Gasteiger partial charge >= 0.3 is 6.09 Å². The number of rotatable bonds is 6. The second-order valence-corrected chi connectivity index (χ2v) is 9.83. The predicted molar refractivity (Wildman–Crippen MR) is 146 cm³/mol. The molecule has 5 rings (SSSR count). The van der Waals surface area contributed by atoms with Gasteiger partial charge in [0, 0.05) is 36.6 Å². The van der Waals surface area contributed by atoms with E-state index in [0.29, 0.717) is 11.6 Å². The van der Waals surface area contributed by atoms with Crippen LogP contribution in [0, 0.1) is 0 Å². The maximum atomic E-state index is 12.4. The Balaban J connectivity index is 1.35. The summed E-state index contributed by atoms with van der Waals surface area (Å²) in [7, 11) is 3.32. The molecule has 0 N–H and O–H groups in total. The summed E-state index contributed by atoms with van der Waals surface area (Å²) in [6.07, 6.45) is 3.29. The highest BCUT2D eigenvalue weighted by molar-refractivity contribution is 5.88. The monoisotopic (exact) mass is 511 g/mol. The summed E-state index contributed by atoms with van der Waals surface area (Å²) in [5.74, 6) is 2.11. The number of ether oxygens (including phenoxy) is 3. The lowest BCUT2D eigenvalue weighted by atomic mass is 10.1. The number of fused-ring (bicyclic) bond motifs is 2. The van der Waals surface area contributed by atoms with E-state index in [9.17, 15) is 4.79 Å². The molecule has 0 atom stereocenters. The Morgan fingerprint density at radius 3 is 2.47 bits per heavy atom. The average molecular weight is 512 g/mol. The molecule has 194 valence electrons. The van der Waals surface area contributed by atoms with Crippen molar-refractivity contribution < 1.29 is 19.0 Å². The van der Waals surface area contributed by atoms with Crippen molar-refractivity contribution >= 4 is 28.3 Å². The third-order valence-corrected chi connectivity index (χ3v) is 5.99. The van der Waals surface area contributed by atoms with Crippen LogP contribution in [-0.2, 0) is 11.3 Å². The average Bonchev–Trinajstić information content (AvgIpc) is 3.32. The lowest BCUT2D eigenvalue weighted by Gasteiger charge is -2.24. The van der Waals surface area contributed by atoms with E-state index in [0.717, 1.165) is 39.1 Å². The van der Waals surface area contributed by atoms with Crippen LogP contribution in [0.4, 0.5) is 10.5 Å². The molecule has 0 unspecified atom stereocenters. The van der Waals surface area contributed by atoms with Gasteiger partial charge in [-0.15, -0.1) is 10.2 Å². The molecule has 0 aliphatic heterocycles. The third kappa shape index (κ3) is 5.22. The molecule has 2 aromatic carbocycles. The van der Waals surface area contributed by atoms with Crippen LogP contribution in [0.1, 0.15) is 26.6 Å². The molecule has 9 nitrogen and oxygen atoms in total. The highest BCUT2D eigenvalue weighted by atomic mass is 16.6. The maximum absolute atomic E-state index is 12.4. The van der Waals surface area contributed by atoms with Crippen molar-refractivity contribution in [1.29, 1.82) is 0 Å². The molecule has 3 aromatic heterocycles. The zero-order valence-electron chi connectivity index (χ0n) is 22.0. The number of nitrogens with zero attached hydrogens (tertiary/aromatic N) is 5. The molecule has 0 spiro atoms. The summed E-state index contributed by atoms with van der Waals surface area (Å²) in [4.78, 5) is 18.3. The fraction of sp³-hybridized carbons (Fsp3) is 0.241. The highest BCUT2D eigenvalue weighted by Crippen LogP contribution is 2.28. The summed E-state index contributed by atoms with van der Waals surface area (Å²) in [6.45, 7) is 5.77. The van der Waals surface area contributed by atoms with E-state index in [1.165, 1.54) is 4.90 Å². The van der Waals surface area contributed by atoms with Crippen molar-refractivity contribution in [3.8, 4) is 22.6 Å². The first kappa shape index (κ1) is 25.0. The molecule has 5 aromatic rings. The van der Waals surface area contributed by atoms with Gasteiger partial charge in [0.1, 0.15) is 23.7 Å². The molecule has 0 bridgehead atoms. The second kappa shape index (κ2) is 10.0. The third-order valence-electron chi connectivity index (χ3n) is 5.99. The smallest absolute Gasteiger partial charge is 0.414 e. The summed E-state index contributed by atoms with van der Waals surface area (Å²) >= 11 is 0. The van der Waals surface area contributed by atoms with Gasteiger partial charge in [-0.1, -0.05) is 12.1 Å². The summed E-state index contributed by atoms with van der Waals surface area (Å²) in [6, 6.07) is 19.1. The topological polar surface area (TPSA) is 91.1 Å². The Hall–Kier alpha value is -4.66. The van der Waals surface area contributed by atoms with Crippen LogP contribution in [0.2, 0.25) is 0 Å². The summed E-state index contributed by atoms with van der Waals surface area (Å²) < 4.78 is 18.8. The lowest BCUT2D eigenvalue weighted by Crippen LogP contribution is -2.34. The molecule has 0 aliphatic carbocycles. The zero-order chi connectivity index (χ0) is 26.9. The number of amides is 1. The van der Waals surface area contributed by atoms with Gasteiger partial charge in [0.2, 0.25) is 0 Å².